The molecule has 0 radical (unpaired) electrons. The van der Waals surface area contributed by atoms with Gasteiger partial charge in [0.2, 0.25) is 0 Å². The summed E-state index contributed by atoms with van der Waals surface area (Å²) in [6.07, 6.45) is -2.78. The lowest BCUT2D eigenvalue weighted by Crippen LogP contribution is -2.18. The maximum Gasteiger partial charge on any atom is 0.407 e. The molecular formula is C10H17F3N2. The van der Waals surface area contributed by atoms with Crippen molar-refractivity contribution >= 4 is 5.71 Å². The average Bonchev–Trinajstić information content (AvgIpc) is 1.97. The van der Waals surface area contributed by atoms with Crippen molar-refractivity contribution in [3.63, 3.8) is 0 Å². The van der Waals surface area contributed by atoms with Crippen molar-refractivity contribution in [2.45, 2.75) is 33.9 Å². The van der Waals surface area contributed by atoms with Crippen LogP contribution in [0, 0.1) is 5.41 Å². The number of halogens is 3. The zero-order chi connectivity index (χ0) is 12.3. The van der Waals surface area contributed by atoms with Gasteiger partial charge >= 0.3 is 6.18 Å². The molecular weight excluding hydrogens is 205 g/mol. The predicted octanol–water partition coefficient (Wildman–Crippen LogP) is 2.90. The summed E-state index contributed by atoms with van der Waals surface area (Å²) in [4.78, 5) is 3.38. The maximum atomic E-state index is 11.8. The highest BCUT2D eigenvalue weighted by molar-refractivity contribution is 5.93. The molecule has 0 aromatic rings. The minimum atomic E-state index is -4.26. The average molecular weight is 222 g/mol. The lowest BCUT2D eigenvalue weighted by atomic mass is 9.92. The van der Waals surface area contributed by atoms with Crippen LogP contribution < -0.4 is 5.73 Å². The molecule has 0 spiro atoms. The van der Waals surface area contributed by atoms with Gasteiger partial charge in [-0.2, -0.15) is 13.2 Å². The largest absolute Gasteiger partial charge is 0.407 e. The summed E-state index contributed by atoms with van der Waals surface area (Å²) in [7, 11) is 0. The van der Waals surface area contributed by atoms with E-state index in [-0.39, 0.29) is 5.41 Å². The van der Waals surface area contributed by atoms with Gasteiger partial charge in [0.05, 0.1) is 0 Å². The third-order valence-electron chi connectivity index (χ3n) is 1.74. The Morgan fingerprint density at radius 1 is 1.27 bits per heavy atom. The van der Waals surface area contributed by atoms with Crippen LogP contribution in [0.15, 0.2) is 16.8 Å². The van der Waals surface area contributed by atoms with Crippen molar-refractivity contribution in [2.24, 2.45) is 16.1 Å². The van der Waals surface area contributed by atoms with E-state index in [1.807, 2.05) is 20.8 Å². The van der Waals surface area contributed by atoms with Crippen molar-refractivity contribution in [1.82, 2.24) is 0 Å². The van der Waals surface area contributed by atoms with Gasteiger partial charge in [-0.1, -0.05) is 20.8 Å². The van der Waals surface area contributed by atoms with Gasteiger partial charge in [-0.25, -0.2) is 0 Å². The molecule has 2 nitrogen and oxygen atoms in total. The van der Waals surface area contributed by atoms with E-state index in [2.05, 4.69) is 4.99 Å². The Labute approximate surface area is 88.1 Å². The van der Waals surface area contributed by atoms with Gasteiger partial charge in [-0.3, -0.25) is 4.99 Å². The van der Waals surface area contributed by atoms with Crippen LogP contribution in [0.1, 0.15) is 27.7 Å². The number of hydrogen-bond donors (Lipinski definition) is 1. The molecule has 0 aliphatic rings. The fourth-order valence-corrected chi connectivity index (χ4v) is 0.702. The highest BCUT2D eigenvalue weighted by Crippen LogP contribution is 2.20. The molecule has 0 unspecified atom stereocenters. The van der Waals surface area contributed by atoms with E-state index in [1.54, 1.807) is 0 Å². The summed E-state index contributed by atoms with van der Waals surface area (Å²) < 4.78 is 35.5. The Bertz CT molecular complexity index is 269. The molecule has 0 saturated carbocycles. The van der Waals surface area contributed by atoms with Gasteiger partial charge in [-0.05, 0) is 13.0 Å². The quantitative estimate of drug-likeness (QED) is 0.717. The minimum Gasteiger partial charge on any atom is -0.402 e. The summed E-state index contributed by atoms with van der Waals surface area (Å²) in [5.74, 6) is 0. The molecule has 0 heterocycles. The number of allylic oxidation sites excluding steroid dienone is 2. The van der Waals surface area contributed by atoms with Crippen LogP contribution in [0.25, 0.3) is 0 Å². The van der Waals surface area contributed by atoms with Crippen LogP contribution in [-0.4, -0.2) is 18.4 Å². The number of hydrogen-bond acceptors (Lipinski definition) is 2. The Balaban J connectivity index is 4.55. The van der Waals surface area contributed by atoms with Gasteiger partial charge in [0.1, 0.15) is 6.54 Å². The first-order valence-electron chi connectivity index (χ1n) is 4.58. The number of nitrogens with zero attached hydrogens (tertiary/aromatic N) is 1. The Morgan fingerprint density at radius 2 is 1.73 bits per heavy atom. The molecule has 0 fully saturated rings. The SMILES string of the molecule is CC(C=C(N)C(C)(C)C)=NCC(F)(F)F. The molecule has 0 aromatic carbocycles. The third-order valence-corrected chi connectivity index (χ3v) is 1.74. The standard InChI is InChI=1S/C10H17F3N2/c1-7(15-6-10(11,12)13)5-8(14)9(2,3)4/h5H,6,14H2,1-4H3. The zero-order valence-electron chi connectivity index (χ0n) is 9.44. The first-order chi connectivity index (χ1) is 6.52. The monoisotopic (exact) mass is 222 g/mol. The lowest BCUT2D eigenvalue weighted by molar-refractivity contribution is -0.118. The lowest BCUT2D eigenvalue weighted by Gasteiger charge is -2.18. The number of aliphatic imine (C=N–C) groups is 1. The van der Waals surface area contributed by atoms with Gasteiger partial charge in [0.25, 0.3) is 0 Å². The van der Waals surface area contributed by atoms with E-state index in [0.29, 0.717) is 11.4 Å². The van der Waals surface area contributed by atoms with Crippen LogP contribution in [0.3, 0.4) is 0 Å². The smallest absolute Gasteiger partial charge is 0.402 e. The summed E-state index contributed by atoms with van der Waals surface area (Å²) >= 11 is 0. The van der Waals surface area contributed by atoms with E-state index in [9.17, 15) is 13.2 Å². The summed E-state index contributed by atoms with van der Waals surface area (Å²) in [6, 6.07) is 0. The van der Waals surface area contributed by atoms with Crippen molar-refractivity contribution < 1.29 is 13.2 Å². The normalized spacial score (nSPS) is 15.7. The van der Waals surface area contributed by atoms with Crippen LogP contribution in [0.4, 0.5) is 13.2 Å². The molecule has 0 amide bonds. The predicted molar refractivity (Wildman–Crippen MR) is 55.8 cm³/mol. The van der Waals surface area contributed by atoms with Gasteiger partial charge < -0.3 is 5.73 Å². The van der Waals surface area contributed by atoms with Gasteiger partial charge in [-0.15, -0.1) is 0 Å². The molecule has 0 aliphatic carbocycles. The second kappa shape index (κ2) is 4.68. The van der Waals surface area contributed by atoms with Gasteiger partial charge in [0.15, 0.2) is 0 Å². The fraction of sp³-hybridized carbons (Fsp3) is 0.700. The Hall–Kier alpha value is -1.00. The second-order valence-corrected chi connectivity index (χ2v) is 4.42. The fourth-order valence-electron chi connectivity index (χ4n) is 0.702. The topological polar surface area (TPSA) is 38.4 Å². The van der Waals surface area contributed by atoms with Crippen molar-refractivity contribution in [2.75, 3.05) is 6.54 Å². The molecule has 0 bridgehead atoms. The molecule has 0 saturated heterocycles. The van der Waals surface area contributed by atoms with Crippen molar-refractivity contribution in [3.8, 4) is 0 Å². The zero-order valence-corrected chi connectivity index (χ0v) is 9.44. The Morgan fingerprint density at radius 3 is 2.07 bits per heavy atom. The molecule has 2 N–H and O–H groups in total. The molecule has 5 heteroatoms. The highest BCUT2D eigenvalue weighted by Gasteiger charge is 2.26. The van der Waals surface area contributed by atoms with Crippen LogP contribution in [0.5, 0.6) is 0 Å². The first-order valence-corrected chi connectivity index (χ1v) is 4.58. The summed E-state index contributed by atoms with van der Waals surface area (Å²) in [5, 5.41) is 0. The van der Waals surface area contributed by atoms with Crippen molar-refractivity contribution in [3.05, 3.63) is 11.8 Å². The number of rotatable bonds is 2. The molecule has 15 heavy (non-hydrogen) atoms. The first kappa shape index (κ1) is 14.0. The highest BCUT2D eigenvalue weighted by atomic mass is 19.4. The van der Waals surface area contributed by atoms with E-state index in [4.69, 9.17) is 5.73 Å². The second-order valence-electron chi connectivity index (χ2n) is 4.42. The molecule has 0 rings (SSSR count). The molecule has 0 atom stereocenters. The van der Waals surface area contributed by atoms with E-state index in [1.165, 1.54) is 13.0 Å². The van der Waals surface area contributed by atoms with Crippen molar-refractivity contribution in [1.29, 1.82) is 0 Å². The third kappa shape index (κ3) is 6.99. The van der Waals surface area contributed by atoms with E-state index >= 15 is 0 Å². The molecule has 88 valence electrons. The summed E-state index contributed by atoms with van der Waals surface area (Å²) in [5.41, 5.74) is 6.25. The van der Waals surface area contributed by atoms with E-state index < -0.39 is 12.7 Å². The Kier molecular flexibility index (Phi) is 4.37. The minimum absolute atomic E-state index is 0.255. The van der Waals surface area contributed by atoms with Crippen LogP contribution in [-0.2, 0) is 0 Å². The summed E-state index contributed by atoms with van der Waals surface area (Å²) in [6.45, 7) is 6.00. The maximum absolute atomic E-state index is 11.8. The van der Waals surface area contributed by atoms with Crippen LogP contribution >= 0.6 is 0 Å². The number of alkyl halides is 3. The van der Waals surface area contributed by atoms with Crippen LogP contribution in [0.2, 0.25) is 0 Å². The number of nitrogens with two attached hydrogens (primary N) is 1. The van der Waals surface area contributed by atoms with Gasteiger partial charge in [0, 0.05) is 16.8 Å². The molecule has 0 aliphatic heterocycles. The van der Waals surface area contributed by atoms with E-state index in [0.717, 1.165) is 0 Å². The molecule has 0 aromatic heterocycles.